The minimum atomic E-state index is -0.596. The first kappa shape index (κ1) is 12.3. The Bertz CT molecular complexity index is 305. The molecule has 7 nitrogen and oxygen atoms in total. The number of urea groups is 1. The lowest BCUT2D eigenvalue weighted by atomic mass is 10.0. The van der Waals surface area contributed by atoms with E-state index >= 15 is 0 Å². The van der Waals surface area contributed by atoms with Crippen LogP contribution in [0.1, 0.15) is 13.3 Å². The first-order chi connectivity index (χ1) is 7.58. The van der Waals surface area contributed by atoms with Crippen LogP contribution in [0.3, 0.4) is 0 Å². The number of carbonyl (C=O) groups is 3. The Balaban J connectivity index is 2.64. The van der Waals surface area contributed by atoms with E-state index in [4.69, 9.17) is 0 Å². The van der Waals surface area contributed by atoms with Crippen LogP contribution in [0.25, 0.3) is 0 Å². The van der Waals surface area contributed by atoms with Crippen molar-refractivity contribution in [2.24, 2.45) is 5.92 Å². The van der Waals surface area contributed by atoms with E-state index in [1.807, 2.05) is 0 Å². The van der Waals surface area contributed by atoms with Crippen LogP contribution in [0.15, 0.2) is 0 Å². The first-order valence-electron chi connectivity index (χ1n) is 5.01. The highest BCUT2D eigenvalue weighted by Crippen LogP contribution is 2.12. The summed E-state index contributed by atoms with van der Waals surface area (Å²) >= 11 is 0. The molecular weight excluding hydrogens is 214 g/mol. The molecule has 2 N–H and O–H groups in total. The van der Waals surface area contributed by atoms with Crippen molar-refractivity contribution in [2.75, 3.05) is 20.2 Å². The van der Waals surface area contributed by atoms with E-state index in [1.165, 1.54) is 7.11 Å². The molecule has 0 saturated carbocycles. The molecule has 1 atom stereocenters. The predicted octanol–water partition coefficient (Wildman–Crippen LogP) is -0.758. The first-order valence-corrected chi connectivity index (χ1v) is 5.01. The summed E-state index contributed by atoms with van der Waals surface area (Å²) in [4.78, 5) is 34.0. The van der Waals surface area contributed by atoms with Gasteiger partial charge in [-0.25, -0.2) is 9.80 Å². The van der Waals surface area contributed by atoms with Gasteiger partial charge in [0.2, 0.25) is 5.91 Å². The van der Waals surface area contributed by atoms with Crippen molar-refractivity contribution in [3.8, 4) is 0 Å². The fourth-order valence-electron chi connectivity index (χ4n) is 1.46. The summed E-state index contributed by atoms with van der Waals surface area (Å²) in [6, 6.07) is -0.426. The topological polar surface area (TPSA) is 87.7 Å². The molecule has 1 fully saturated rings. The highest BCUT2D eigenvalue weighted by atomic mass is 16.5. The van der Waals surface area contributed by atoms with Crippen LogP contribution in [0, 0.1) is 5.92 Å². The van der Waals surface area contributed by atoms with Gasteiger partial charge in [0.25, 0.3) is 0 Å². The Kier molecular flexibility index (Phi) is 4.10. The van der Waals surface area contributed by atoms with Gasteiger partial charge in [-0.05, 0) is 6.92 Å². The largest absolute Gasteiger partial charge is 0.469 e. The van der Waals surface area contributed by atoms with Crippen molar-refractivity contribution in [1.82, 2.24) is 15.8 Å². The molecule has 0 aromatic rings. The molecular formula is C9H15N3O4. The summed E-state index contributed by atoms with van der Waals surface area (Å²) in [6.07, 6.45) is 0.0442. The van der Waals surface area contributed by atoms with Gasteiger partial charge in [-0.15, -0.1) is 0 Å². The van der Waals surface area contributed by atoms with Crippen LogP contribution in [-0.4, -0.2) is 43.1 Å². The number of nitrogens with one attached hydrogen (secondary N) is 2. The molecule has 0 aromatic carbocycles. The third-order valence-electron chi connectivity index (χ3n) is 2.20. The highest BCUT2D eigenvalue weighted by molar-refractivity contribution is 5.87. The Morgan fingerprint density at radius 1 is 1.62 bits per heavy atom. The van der Waals surface area contributed by atoms with Gasteiger partial charge in [0, 0.05) is 13.0 Å². The van der Waals surface area contributed by atoms with Gasteiger partial charge in [-0.2, -0.15) is 0 Å². The molecule has 0 spiro atoms. The van der Waals surface area contributed by atoms with E-state index in [9.17, 15) is 14.4 Å². The van der Waals surface area contributed by atoms with E-state index in [-0.39, 0.29) is 18.9 Å². The van der Waals surface area contributed by atoms with Crippen LogP contribution in [0.2, 0.25) is 0 Å². The summed E-state index contributed by atoms with van der Waals surface area (Å²) in [5.74, 6) is -1.45. The quantitative estimate of drug-likeness (QED) is 0.609. The van der Waals surface area contributed by atoms with Crippen LogP contribution in [0.5, 0.6) is 0 Å². The molecule has 3 amide bonds. The van der Waals surface area contributed by atoms with Gasteiger partial charge < -0.3 is 10.1 Å². The van der Waals surface area contributed by atoms with E-state index in [0.29, 0.717) is 6.54 Å². The van der Waals surface area contributed by atoms with E-state index < -0.39 is 17.9 Å². The smallest absolute Gasteiger partial charge is 0.336 e. The lowest BCUT2D eigenvalue weighted by Crippen LogP contribution is -2.57. The Morgan fingerprint density at radius 3 is 2.88 bits per heavy atom. The van der Waals surface area contributed by atoms with Crippen molar-refractivity contribution in [2.45, 2.75) is 13.3 Å². The average Bonchev–Trinajstić information content (AvgIpc) is 2.27. The molecule has 1 aliphatic rings. The highest BCUT2D eigenvalue weighted by Gasteiger charge is 2.33. The molecule has 1 aliphatic heterocycles. The van der Waals surface area contributed by atoms with Crippen molar-refractivity contribution in [1.29, 1.82) is 0 Å². The zero-order valence-corrected chi connectivity index (χ0v) is 9.28. The number of rotatable bonds is 2. The summed E-state index contributed by atoms with van der Waals surface area (Å²) in [5.41, 5.74) is 2.38. The maximum atomic E-state index is 11.4. The minimum absolute atomic E-state index is 0.0442. The van der Waals surface area contributed by atoms with Gasteiger partial charge in [0.05, 0.1) is 19.6 Å². The second kappa shape index (κ2) is 5.34. The number of nitrogens with zero attached hydrogens (tertiary/aromatic N) is 1. The average molecular weight is 229 g/mol. The molecule has 1 rings (SSSR count). The Labute approximate surface area is 93.1 Å². The number of carbonyl (C=O) groups excluding carboxylic acids is 3. The molecule has 1 unspecified atom stereocenters. The van der Waals surface area contributed by atoms with E-state index in [2.05, 4.69) is 15.5 Å². The minimum Gasteiger partial charge on any atom is -0.469 e. The second-order valence-electron chi connectivity index (χ2n) is 3.41. The van der Waals surface area contributed by atoms with E-state index in [1.54, 1.807) is 6.92 Å². The molecule has 0 radical (unpaired) electrons. The lowest BCUT2D eigenvalue weighted by molar-refractivity contribution is -0.151. The number of methoxy groups -OCH3 is 1. The molecule has 1 heterocycles. The van der Waals surface area contributed by atoms with Gasteiger partial charge in [0.1, 0.15) is 0 Å². The fraction of sp³-hybridized carbons (Fsp3) is 0.667. The number of ether oxygens (including phenoxy) is 1. The van der Waals surface area contributed by atoms with Crippen LogP contribution in [-0.2, 0) is 14.3 Å². The zero-order chi connectivity index (χ0) is 12.1. The number of hydrogen-bond acceptors (Lipinski definition) is 4. The maximum Gasteiger partial charge on any atom is 0.336 e. The fourth-order valence-corrected chi connectivity index (χ4v) is 1.46. The van der Waals surface area contributed by atoms with Crippen molar-refractivity contribution in [3.63, 3.8) is 0 Å². The van der Waals surface area contributed by atoms with Gasteiger partial charge >= 0.3 is 12.0 Å². The molecule has 0 aromatic heterocycles. The molecule has 1 saturated heterocycles. The zero-order valence-electron chi connectivity index (χ0n) is 9.28. The van der Waals surface area contributed by atoms with Crippen molar-refractivity contribution < 1.29 is 19.1 Å². The third-order valence-corrected chi connectivity index (χ3v) is 2.20. The summed E-state index contributed by atoms with van der Waals surface area (Å²) in [7, 11) is 1.26. The number of esters is 1. The monoisotopic (exact) mass is 229 g/mol. The summed E-state index contributed by atoms with van der Waals surface area (Å²) in [6.45, 7) is 2.35. The summed E-state index contributed by atoms with van der Waals surface area (Å²) < 4.78 is 4.55. The van der Waals surface area contributed by atoms with Crippen molar-refractivity contribution >= 4 is 17.9 Å². The Hall–Kier alpha value is -1.79. The molecule has 90 valence electrons. The lowest BCUT2D eigenvalue weighted by Gasteiger charge is -2.31. The van der Waals surface area contributed by atoms with Gasteiger partial charge in [-0.3, -0.25) is 15.0 Å². The van der Waals surface area contributed by atoms with Gasteiger partial charge in [-0.1, -0.05) is 0 Å². The van der Waals surface area contributed by atoms with Gasteiger partial charge in [0.15, 0.2) is 0 Å². The predicted molar refractivity (Wildman–Crippen MR) is 54.0 cm³/mol. The van der Waals surface area contributed by atoms with Crippen LogP contribution >= 0.6 is 0 Å². The van der Waals surface area contributed by atoms with Crippen LogP contribution in [0.4, 0.5) is 4.79 Å². The standard InChI is InChI=1S/C9H15N3O4/c1-3-10-9(15)12-5-6(8(14)16-2)4-7(13)11-12/h6H,3-5H2,1-2H3,(H,10,15)(H,11,13). The number of amides is 3. The normalized spacial score (nSPS) is 20.0. The summed E-state index contributed by atoms with van der Waals surface area (Å²) in [5, 5.41) is 3.63. The van der Waals surface area contributed by atoms with Crippen LogP contribution < -0.4 is 10.7 Å². The van der Waals surface area contributed by atoms with Crippen molar-refractivity contribution in [3.05, 3.63) is 0 Å². The van der Waals surface area contributed by atoms with E-state index in [0.717, 1.165) is 5.01 Å². The SMILES string of the molecule is CCNC(=O)N1CC(C(=O)OC)CC(=O)N1. The second-order valence-corrected chi connectivity index (χ2v) is 3.41. The third kappa shape index (κ3) is 2.85. The molecule has 7 heteroatoms. The maximum absolute atomic E-state index is 11.4. The Morgan fingerprint density at radius 2 is 2.31 bits per heavy atom. The molecule has 16 heavy (non-hydrogen) atoms. The molecule has 0 aliphatic carbocycles. The number of hydrogen-bond donors (Lipinski definition) is 2. The number of hydrazine groups is 1. The molecule has 0 bridgehead atoms.